The molecule has 1 fully saturated rings. The summed E-state index contributed by atoms with van der Waals surface area (Å²) in [6, 6.07) is 14.0. The fourth-order valence-electron chi connectivity index (χ4n) is 3.49. The molecule has 0 radical (unpaired) electrons. The summed E-state index contributed by atoms with van der Waals surface area (Å²) in [5.74, 6) is 0.267. The first-order valence-corrected chi connectivity index (χ1v) is 10.3. The van der Waals surface area contributed by atoms with Crippen LogP contribution in [0, 0.1) is 0 Å². The zero-order valence-corrected chi connectivity index (χ0v) is 17.5. The standard InChI is InChI=1S/C22H21ClN4O4/c23-16-5-7-17(8-6-16)31-15-22(30)26-11-9-25(10-12-26)21(29)14-27-19-4-2-1-3-18(19)24-13-20(27)28/h1-8,13H,9-12,14-15H2. The third-order valence-electron chi connectivity index (χ3n) is 5.21. The Morgan fingerprint density at radius 1 is 0.935 bits per heavy atom. The Kier molecular flexibility index (Phi) is 6.18. The highest BCUT2D eigenvalue weighted by Crippen LogP contribution is 2.16. The molecule has 0 aliphatic carbocycles. The summed E-state index contributed by atoms with van der Waals surface area (Å²) in [4.78, 5) is 44.9. The Bertz CT molecular complexity index is 1150. The maximum atomic E-state index is 12.8. The average Bonchev–Trinajstić information content (AvgIpc) is 2.80. The third kappa shape index (κ3) is 4.86. The Morgan fingerprint density at radius 3 is 2.29 bits per heavy atom. The quantitative estimate of drug-likeness (QED) is 0.604. The Hall–Kier alpha value is -3.39. The highest BCUT2D eigenvalue weighted by Gasteiger charge is 2.25. The maximum Gasteiger partial charge on any atom is 0.269 e. The summed E-state index contributed by atoms with van der Waals surface area (Å²) in [5, 5.41) is 0.599. The van der Waals surface area contributed by atoms with E-state index in [9.17, 15) is 14.4 Å². The second-order valence-electron chi connectivity index (χ2n) is 7.18. The lowest BCUT2D eigenvalue weighted by Gasteiger charge is -2.34. The Morgan fingerprint density at radius 2 is 1.58 bits per heavy atom. The number of rotatable bonds is 5. The minimum absolute atomic E-state index is 0.0600. The molecule has 0 unspecified atom stereocenters. The van der Waals surface area contributed by atoms with Gasteiger partial charge in [0.15, 0.2) is 6.61 Å². The molecule has 1 saturated heterocycles. The minimum atomic E-state index is -0.319. The minimum Gasteiger partial charge on any atom is -0.484 e. The van der Waals surface area contributed by atoms with Gasteiger partial charge in [-0.2, -0.15) is 0 Å². The summed E-state index contributed by atoms with van der Waals surface area (Å²) in [5.41, 5.74) is 0.961. The summed E-state index contributed by atoms with van der Waals surface area (Å²) in [6.45, 7) is 1.51. The van der Waals surface area contributed by atoms with E-state index >= 15 is 0 Å². The van der Waals surface area contributed by atoms with Crippen LogP contribution in [0.3, 0.4) is 0 Å². The second kappa shape index (κ2) is 9.18. The average molecular weight is 441 g/mol. The summed E-state index contributed by atoms with van der Waals surface area (Å²) in [6.07, 6.45) is 1.23. The van der Waals surface area contributed by atoms with Gasteiger partial charge in [0.2, 0.25) is 5.91 Å². The van der Waals surface area contributed by atoms with Gasteiger partial charge in [-0.3, -0.25) is 19.0 Å². The van der Waals surface area contributed by atoms with E-state index in [1.165, 1.54) is 10.8 Å². The van der Waals surface area contributed by atoms with Crippen molar-refractivity contribution in [2.45, 2.75) is 6.54 Å². The molecule has 160 valence electrons. The summed E-state index contributed by atoms with van der Waals surface area (Å²) >= 11 is 5.84. The number of hydrogen-bond donors (Lipinski definition) is 0. The van der Waals surface area contributed by atoms with Gasteiger partial charge in [0.1, 0.15) is 12.3 Å². The third-order valence-corrected chi connectivity index (χ3v) is 5.46. The number of para-hydroxylation sites is 2. The maximum absolute atomic E-state index is 12.8. The number of amides is 2. The van der Waals surface area contributed by atoms with Gasteiger partial charge >= 0.3 is 0 Å². The van der Waals surface area contributed by atoms with Crippen LogP contribution in [0.1, 0.15) is 0 Å². The summed E-state index contributed by atoms with van der Waals surface area (Å²) in [7, 11) is 0. The van der Waals surface area contributed by atoms with E-state index in [4.69, 9.17) is 16.3 Å². The van der Waals surface area contributed by atoms with E-state index in [0.29, 0.717) is 48.0 Å². The van der Waals surface area contributed by atoms with Crippen LogP contribution in [0.15, 0.2) is 59.5 Å². The molecule has 2 heterocycles. The van der Waals surface area contributed by atoms with Gasteiger partial charge in [-0.1, -0.05) is 23.7 Å². The highest BCUT2D eigenvalue weighted by molar-refractivity contribution is 6.30. The first-order chi connectivity index (χ1) is 15.0. The van der Waals surface area contributed by atoms with E-state index in [2.05, 4.69) is 4.98 Å². The fourth-order valence-corrected chi connectivity index (χ4v) is 3.61. The molecule has 1 aliphatic rings. The zero-order valence-electron chi connectivity index (χ0n) is 16.7. The molecule has 1 aromatic heterocycles. The number of aromatic nitrogens is 2. The van der Waals surface area contributed by atoms with Crippen LogP contribution in [0.25, 0.3) is 11.0 Å². The first kappa shape index (κ1) is 20.9. The second-order valence-corrected chi connectivity index (χ2v) is 7.61. The smallest absolute Gasteiger partial charge is 0.269 e. The molecule has 1 aliphatic heterocycles. The number of fused-ring (bicyclic) bond motifs is 1. The lowest BCUT2D eigenvalue weighted by Crippen LogP contribution is -2.52. The number of carbonyl (C=O) groups is 2. The molecular weight excluding hydrogens is 420 g/mol. The first-order valence-electron chi connectivity index (χ1n) is 9.90. The van der Waals surface area contributed by atoms with Gasteiger partial charge in [0, 0.05) is 31.2 Å². The molecule has 0 saturated carbocycles. The molecule has 0 N–H and O–H groups in total. The van der Waals surface area contributed by atoms with Crippen LogP contribution in [0.2, 0.25) is 5.02 Å². The van der Waals surface area contributed by atoms with E-state index in [1.807, 2.05) is 6.07 Å². The van der Waals surface area contributed by atoms with Crippen molar-refractivity contribution in [3.05, 3.63) is 70.1 Å². The predicted octanol–water partition coefficient (Wildman–Crippen LogP) is 1.80. The van der Waals surface area contributed by atoms with E-state index in [1.54, 1.807) is 52.3 Å². The van der Waals surface area contributed by atoms with E-state index < -0.39 is 0 Å². The van der Waals surface area contributed by atoms with Gasteiger partial charge < -0.3 is 14.5 Å². The van der Waals surface area contributed by atoms with Crippen LogP contribution < -0.4 is 10.3 Å². The van der Waals surface area contributed by atoms with Crippen molar-refractivity contribution < 1.29 is 14.3 Å². The monoisotopic (exact) mass is 440 g/mol. The number of halogens is 1. The van der Waals surface area contributed by atoms with Crippen LogP contribution in [-0.2, 0) is 16.1 Å². The van der Waals surface area contributed by atoms with Crippen molar-refractivity contribution in [3.63, 3.8) is 0 Å². The number of carbonyl (C=O) groups excluding carboxylic acids is 2. The number of benzene rings is 2. The lowest BCUT2D eigenvalue weighted by molar-refractivity contribution is -0.141. The van der Waals surface area contributed by atoms with Crippen molar-refractivity contribution in [3.8, 4) is 5.75 Å². The highest BCUT2D eigenvalue weighted by atomic mass is 35.5. The van der Waals surface area contributed by atoms with Crippen LogP contribution in [0.5, 0.6) is 5.75 Å². The summed E-state index contributed by atoms with van der Waals surface area (Å²) < 4.78 is 6.94. The normalized spacial score (nSPS) is 14.0. The molecule has 0 spiro atoms. The largest absolute Gasteiger partial charge is 0.484 e. The topological polar surface area (TPSA) is 84.7 Å². The molecular formula is C22H21ClN4O4. The van der Waals surface area contributed by atoms with Gasteiger partial charge in [0.05, 0.1) is 17.2 Å². The lowest BCUT2D eigenvalue weighted by atomic mass is 10.2. The molecule has 9 heteroatoms. The number of hydrogen-bond acceptors (Lipinski definition) is 5. The SMILES string of the molecule is O=C(COc1ccc(Cl)cc1)N1CCN(C(=O)Cn2c(=O)cnc3ccccc32)CC1. The number of ether oxygens (including phenoxy) is 1. The van der Waals surface area contributed by atoms with Crippen molar-refractivity contribution in [2.24, 2.45) is 0 Å². The predicted molar refractivity (Wildman–Crippen MR) is 116 cm³/mol. The van der Waals surface area contributed by atoms with Gasteiger partial charge in [-0.15, -0.1) is 0 Å². The number of nitrogens with zero attached hydrogens (tertiary/aromatic N) is 4. The zero-order chi connectivity index (χ0) is 21.8. The van der Waals surface area contributed by atoms with Crippen LogP contribution in [-0.4, -0.2) is 64.0 Å². The molecule has 3 aromatic rings. The van der Waals surface area contributed by atoms with Gasteiger partial charge in [0.25, 0.3) is 11.5 Å². The van der Waals surface area contributed by atoms with Crippen molar-refractivity contribution >= 4 is 34.4 Å². The molecule has 4 rings (SSSR count). The molecule has 31 heavy (non-hydrogen) atoms. The molecule has 0 atom stereocenters. The Balaban J connectivity index is 1.32. The molecule has 8 nitrogen and oxygen atoms in total. The van der Waals surface area contributed by atoms with Gasteiger partial charge in [-0.25, -0.2) is 4.98 Å². The molecule has 2 aromatic carbocycles. The fraction of sp³-hybridized carbons (Fsp3) is 0.273. The van der Waals surface area contributed by atoms with Crippen molar-refractivity contribution in [1.29, 1.82) is 0 Å². The van der Waals surface area contributed by atoms with Crippen LogP contribution >= 0.6 is 11.6 Å². The van der Waals surface area contributed by atoms with E-state index in [0.717, 1.165) is 0 Å². The van der Waals surface area contributed by atoms with E-state index in [-0.39, 0.29) is 30.5 Å². The van der Waals surface area contributed by atoms with Crippen molar-refractivity contribution in [1.82, 2.24) is 19.4 Å². The molecule has 0 bridgehead atoms. The van der Waals surface area contributed by atoms with Gasteiger partial charge in [-0.05, 0) is 36.4 Å². The molecule has 2 amide bonds. The van der Waals surface area contributed by atoms with Crippen molar-refractivity contribution in [2.75, 3.05) is 32.8 Å². The van der Waals surface area contributed by atoms with Crippen LogP contribution in [0.4, 0.5) is 0 Å². The number of piperazine rings is 1. The Labute approximate surface area is 183 Å².